The van der Waals surface area contributed by atoms with E-state index in [2.05, 4.69) is 29.8 Å². The van der Waals surface area contributed by atoms with Gasteiger partial charge in [-0.2, -0.15) is 0 Å². The summed E-state index contributed by atoms with van der Waals surface area (Å²) in [5.41, 5.74) is 8.59. The molecule has 1 aliphatic rings. The highest BCUT2D eigenvalue weighted by atomic mass is 15.2. The van der Waals surface area contributed by atoms with Crippen LogP contribution in [0.1, 0.15) is 32.3 Å². The Morgan fingerprint density at radius 3 is 2.86 bits per heavy atom. The number of nitrogens with zero attached hydrogens (tertiary/aromatic N) is 2. The first-order valence-electron chi connectivity index (χ1n) is 7.58. The van der Waals surface area contributed by atoms with E-state index < -0.39 is 0 Å². The van der Waals surface area contributed by atoms with Gasteiger partial charge in [0.25, 0.3) is 0 Å². The summed E-state index contributed by atoms with van der Waals surface area (Å²) < 4.78 is 0. The number of piperidine rings is 1. The molecule has 1 aliphatic heterocycles. The van der Waals surface area contributed by atoms with Gasteiger partial charge in [-0.15, -0.1) is 0 Å². The quantitative estimate of drug-likeness (QED) is 0.657. The van der Waals surface area contributed by atoms with Crippen LogP contribution in [0.4, 0.5) is 5.69 Å². The van der Waals surface area contributed by atoms with Gasteiger partial charge in [0.1, 0.15) is 5.84 Å². The third-order valence-electron chi connectivity index (χ3n) is 4.70. The van der Waals surface area contributed by atoms with Crippen molar-refractivity contribution < 1.29 is 0 Å². The fourth-order valence-corrected chi connectivity index (χ4v) is 3.28. The highest BCUT2D eigenvalue weighted by molar-refractivity contribution is 6.07. The number of nitrogens with two attached hydrogens (primary N) is 1. The first-order chi connectivity index (χ1) is 10.1. The average molecular weight is 282 g/mol. The highest BCUT2D eigenvalue weighted by Crippen LogP contribution is 2.35. The van der Waals surface area contributed by atoms with Crippen molar-refractivity contribution in [3.63, 3.8) is 0 Å². The summed E-state index contributed by atoms with van der Waals surface area (Å²) in [6.45, 7) is 5.58. The van der Waals surface area contributed by atoms with Gasteiger partial charge in [-0.25, -0.2) is 0 Å². The molecule has 1 saturated heterocycles. The molecule has 4 heteroatoms. The summed E-state index contributed by atoms with van der Waals surface area (Å²) in [4.78, 5) is 6.87. The van der Waals surface area contributed by atoms with Gasteiger partial charge in [-0.1, -0.05) is 25.1 Å². The zero-order valence-electron chi connectivity index (χ0n) is 12.6. The molecule has 1 aromatic carbocycles. The Labute approximate surface area is 125 Å². The van der Waals surface area contributed by atoms with E-state index in [4.69, 9.17) is 11.1 Å². The molecule has 4 nitrogen and oxygen atoms in total. The predicted molar refractivity (Wildman–Crippen MR) is 88.0 cm³/mol. The number of rotatable bonds is 2. The fraction of sp³-hybridized carbons (Fsp3) is 0.412. The molecule has 3 rings (SSSR count). The molecule has 0 amide bonds. The lowest BCUT2D eigenvalue weighted by Crippen LogP contribution is -2.43. The molecule has 0 radical (unpaired) electrons. The molecule has 0 saturated carbocycles. The maximum atomic E-state index is 7.90. The molecule has 0 aliphatic carbocycles. The number of anilines is 1. The second-order valence-electron chi connectivity index (χ2n) is 6.00. The summed E-state index contributed by atoms with van der Waals surface area (Å²) in [5, 5.41) is 8.99. The van der Waals surface area contributed by atoms with Crippen LogP contribution in [0.5, 0.6) is 0 Å². The number of hydrogen-bond acceptors (Lipinski definition) is 3. The molecule has 2 heterocycles. The van der Waals surface area contributed by atoms with Crippen molar-refractivity contribution in [3.8, 4) is 0 Å². The van der Waals surface area contributed by atoms with Crippen LogP contribution < -0.4 is 10.6 Å². The maximum Gasteiger partial charge on any atom is 0.126 e. The van der Waals surface area contributed by atoms with Crippen molar-refractivity contribution in [1.29, 1.82) is 5.41 Å². The molecule has 2 unspecified atom stereocenters. The first kappa shape index (κ1) is 13.9. The number of nitrogens with one attached hydrogen (secondary N) is 1. The van der Waals surface area contributed by atoms with Crippen LogP contribution >= 0.6 is 0 Å². The predicted octanol–water partition coefficient (Wildman–Crippen LogP) is 3.14. The van der Waals surface area contributed by atoms with Crippen molar-refractivity contribution in [3.05, 3.63) is 36.0 Å². The molecule has 1 fully saturated rings. The van der Waals surface area contributed by atoms with Crippen LogP contribution in [-0.2, 0) is 0 Å². The Morgan fingerprint density at radius 1 is 1.33 bits per heavy atom. The lowest BCUT2D eigenvalue weighted by atomic mass is 9.90. The van der Waals surface area contributed by atoms with E-state index in [0.717, 1.165) is 28.7 Å². The Bertz CT molecular complexity index is 680. The van der Waals surface area contributed by atoms with Crippen LogP contribution in [0.3, 0.4) is 0 Å². The number of hydrogen-bond donors (Lipinski definition) is 2. The van der Waals surface area contributed by atoms with Gasteiger partial charge in [0, 0.05) is 24.2 Å². The molecule has 21 heavy (non-hydrogen) atoms. The fourth-order valence-electron chi connectivity index (χ4n) is 3.28. The van der Waals surface area contributed by atoms with Gasteiger partial charge in [0.15, 0.2) is 0 Å². The number of fused-ring (bicyclic) bond motifs is 1. The Balaban J connectivity index is 2.23. The number of pyridine rings is 1. The van der Waals surface area contributed by atoms with Gasteiger partial charge in [-0.3, -0.25) is 10.4 Å². The molecule has 2 aromatic rings. The van der Waals surface area contributed by atoms with E-state index in [1.165, 1.54) is 12.8 Å². The Morgan fingerprint density at radius 2 is 2.10 bits per heavy atom. The normalized spacial score (nSPS) is 22.5. The summed E-state index contributed by atoms with van der Waals surface area (Å²) in [6, 6.07) is 8.56. The van der Waals surface area contributed by atoms with Crippen LogP contribution in [0.15, 0.2) is 30.5 Å². The Kier molecular flexibility index (Phi) is 3.53. The average Bonchev–Trinajstić information content (AvgIpc) is 2.49. The van der Waals surface area contributed by atoms with E-state index in [0.29, 0.717) is 12.0 Å². The largest absolute Gasteiger partial charge is 0.384 e. The molecule has 2 atom stereocenters. The number of aromatic nitrogens is 1. The Hall–Kier alpha value is -2.10. The zero-order chi connectivity index (χ0) is 15.0. The standard InChI is InChI=1S/C17H22N4/c1-11-6-5-9-21(12(11)2)16-13-7-3-4-8-15(13)20-10-14(16)17(18)19/h3-4,7-8,10-12H,5-6,9H2,1-2H3,(H3,18,19). The van der Waals surface area contributed by atoms with Crippen molar-refractivity contribution in [1.82, 2.24) is 4.98 Å². The maximum absolute atomic E-state index is 7.90. The van der Waals surface area contributed by atoms with Gasteiger partial charge in [-0.05, 0) is 31.7 Å². The minimum Gasteiger partial charge on any atom is -0.384 e. The van der Waals surface area contributed by atoms with Crippen LogP contribution in [-0.4, -0.2) is 23.4 Å². The third kappa shape index (κ3) is 2.35. The van der Waals surface area contributed by atoms with Crippen molar-refractivity contribution >= 4 is 22.4 Å². The minimum absolute atomic E-state index is 0.0914. The topological polar surface area (TPSA) is 66.0 Å². The summed E-state index contributed by atoms with van der Waals surface area (Å²) >= 11 is 0. The zero-order valence-corrected chi connectivity index (χ0v) is 12.6. The second kappa shape index (κ2) is 5.35. The third-order valence-corrected chi connectivity index (χ3v) is 4.70. The molecule has 3 N–H and O–H groups in total. The minimum atomic E-state index is 0.0914. The second-order valence-corrected chi connectivity index (χ2v) is 6.00. The number of nitrogen functional groups attached to an aromatic ring is 1. The summed E-state index contributed by atoms with van der Waals surface area (Å²) in [6.07, 6.45) is 4.18. The van der Waals surface area contributed by atoms with E-state index in [-0.39, 0.29) is 5.84 Å². The van der Waals surface area contributed by atoms with E-state index in [1.807, 2.05) is 18.2 Å². The van der Waals surface area contributed by atoms with Crippen molar-refractivity contribution in [2.45, 2.75) is 32.7 Å². The van der Waals surface area contributed by atoms with E-state index in [9.17, 15) is 0 Å². The SMILES string of the molecule is CC1CCCN(c2c(C(=N)N)cnc3ccccc23)C1C. The van der Waals surface area contributed by atoms with E-state index in [1.54, 1.807) is 6.20 Å². The molecule has 1 aromatic heterocycles. The lowest BCUT2D eigenvalue weighted by Gasteiger charge is -2.41. The van der Waals surface area contributed by atoms with Crippen LogP contribution in [0, 0.1) is 11.3 Å². The number of benzene rings is 1. The smallest absolute Gasteiger partial charge is 0.126 e. The summed E-state index contributed by atoms with van der Waals surface area (Å²) in [7, 11) is 0. The van der Waals surface area contributed by atoms with E-state index >= 15 is 0 Å². The van der Waals surface area contributed by atoms with Crippen LogP contribution in [0.25, 0.3) is 10.9 Å². The molecular weight excluding hydrogens is 260 g/mol. The summed E-state index contributed by atoms with van der Waals surface area (Å²) in [5.74, 6) is 0.735. The van der Waals surface area contributed by atoms with Gasteiger partial charge in [0.2, 0.25) is 0 Å². The van der Waals surface area contributed by atoms with Crippen molar-refractivity contribution in [2.24, 2.45) is 11.7 Å². The molecule has 0 bridgehead atoms. The molecule has 0 spiro atoms. The molecular formula is C17H22N4. The van der Waals surface area contributed by atoms with Gasteiger partial charge < -0.3 is 10.6 Å². The lowest BCUT2D eigenvalue weighted by molar-refractivity contribution is 0.364. The molecule has 110 valence electrons. The van der Waals surface area contributed by atoms with Gasteiger partial charge in [0.05, 0.1) is 16.8 Å². The van der Waals surface area contributed by atoms with Crippen molar-refractivity contribution in [2.75, 3.05) is 11.4 Å². The number of para-hydroxylation sites is 1. The monoisotopic (exact) mass is 282 g/mol. The number of amidine groups is 1. The first-order valence-corrected chi connectivity index (χ1v) is 7.58. The van der Waals surface area contributed by atoms with Gasteiger partial charge >= 0.3 is 0 Å². The van der Waals surface area contributed by atoms with Crippen LogP contribution in [0.2, 0.25) is 0 Å². The highest BCUT2D eigenvalue weighted by Gasteiger charge is 2.28.